The molecule has 3 heterocycles. The average Bonchev–Trinajstić information content (AvgIpc) is 3.10. The number of nitrogens with zero attached hydrogens (tertiary/aromatic N) is 5. The van der Waals surface area contributed by atoms with Crippen LogP contribution in [-0.4, -0.2) is 46.5 Å². The Morgan fingerprint density at radius 3 is 2.82 bits per heavy atom. The maximum atomic E-state index is 5.84. The minimum atomic E-state index is 0.583. The molecule has 1 aliphatic heterocycles. The molecule has 2 aromatic rings. The number of thiazole rings is 1. The van der Waals surface area contributed by atoms with Crippen molar-refractivity contribution in [2.75, 3.05) is 31.6 Å². The molecule has 1 atom stereocenters. The molecule has 0 saturated carbocycles. The highest BCUT2D eigenvalue weighted by Crippen LogP contribution is 2.23. The van der Waals surface area contributed by atoms with Crippen molar-refractivity contribution in [3.8, 4) is 0 Å². The van der Waals surface area contributed by atoms with Crippen LogP contribution in [0.25, 0.3) is 0 Å². The Kier molecular flexibility index (Phi) is 4.90. The van der Waals surface area contributed by atoms with Crippen LogP contribution >= 0.6 is 22.9 Å². The Bertz CT molecular complexity index is 615. The minimum absolute atomic E-state index is 0.583. The lowest BCUT2D eigenvalue weighted by Crippen LogP contribution is -2.28. The molecule has 2 aromatic heterocycles. The van der Waals surface area contributed by atoms with Crippen LogP contribution in [0.15, 0.2) is 17.9 Å². The third-order valence-corrected chi connectivity index (χ3v) is 5.12. The van der Waals surface area contributed by atoms with Crippen LogP contribution in [0.5, 0.6) is 0 Å². The van der Waals surface area contributed by atoms with E-state index in [2.05, 4.69) is 38.7 Å². The van der Waals surface area contributed by atoms with E-state index >= 15 is 0 Å². The number of rotatable bonds is 5. The summed E-state index contributed by atoms with van der Waals surface area (Å²) >= 11 is 7.58. The fourth-order valence-electron chi connectivity index (χ4n) is 2.86. The molecule has 0 N–H and O–H groups in total. The van der Waals surface area contributed by atoms with Crippen LogP contribution in [0.2, 0.25) is 5.02 Å². The zero-order chi connectivity index (χ0) is 15.5. The normalized spacial score (nSPS) is 18.4. The summed E-state index contributed by atoms with van der Waals surface area (Å²) in [6.07, 6.45) is 4.50. The zero-order valence-electron chi connectivity index (χ0n) is 12.9. The molecule has 5 nitrogen and oxygen atoms in total. The molecule has 118 valence electrons. The van der Waals surface area contributed by atoms with E-state index in [0.717, 1.165) is 37.8 Å². The van der Waals surface area contributed by atoms with Gasteiger partial charge in [0.05, 0.1) is 28.6 Å². The van der Waals surface area contributed by atoms with E-state index in [9.17, 15) is 0 Å². The van der Waals surface area contributed by atoms with Crippen LogP contribution in [-0.2, 0) is 6.54 Å². The van der Waals surface area contributed by atoms with Crippen molar-refractivity contribution >= 4 is 28.9 Å². The molecule has 0 unspecified atom stereocenters. The van der Waals surface area contributed by atoms with E-state index in [-0.39, 0.29) is 0 Å². The first-order valence-electron chi connectivity index (χ1n) is 7.42. The van der Waals surface area contributed by atoms with Crippen molar-refractivity contribution in [3.63, 3.8) is 0 Å². The monoisotopic (exact) mass is 337 g/mol. The molecule has 0 aromatic carbocycles. The van der Waals surface area contributed by atoms with Gasteiger partial charge in [-0.25, -0.2) is 15.0 Å². The van der Waals surface area contributed by atoms with Gasteiger partial charge in [-0.15, -0.1) is 11.3 Å². The lowest BCUT2D eigenvalue weighted by atomic mass is 10.1. The second-order valence-electron chi connectivity index (χ2n) is 5.86. The van der Waals surface area contributed by atoms with Crippen LogP contribution in [0.4, 0.5) is 5.95 Å². The summed E-state index contributed by atoms with van der Waals surface area (Å²) in [6.45, 7) is 6.16. The highest BCUT2D eigenvalue weighted by atomic mass is 35.5. The van der Waals surface area contributed by atoms with Gasteiger partial charge in [0.15, 0.2) is 0 Å². The van der Waals surface area contributed by atoms with Gasteiger partial charge in [0.25, 0.3) is 0 Å². The van der Waals surface area contributed by atoms with Crippen molar-refractivity contribution in [3.05, 3.63) is 33.5 Å². The molecule has 1 aliphatic rings. The average molecular weight is 338 g/mol. The summed E-state index contributed by atoms with van der Waals surface area (Å²) in [4.78, 5) is 18.9. The van der Waals surface area contributed by atoms with Crippen molar-refractivity contribution in [1.29, 1.82) is 0 Å². The molecule has 22 heavy (non-hydrogen) atoms. The van der Waals surface area contributed by atoms with Crippen LogP contribution in [0, 0.1) is 12.8 Å². The zero-order valence-corrected chi connectivity index (χ0v) is 14.4. The van der Waals surface area contributed by atoms with Crippen LogP contribution < -0.4 is 4.90 Å². The summed E-state index contributed by atoms with van der Waals surface area (Å²) < 4.78 is 0. The predicted molar refractivity (Wildman–Crippen MR) is 90.5 cm³/mol. The molecule has 3 rings (SSSR count). The SMILES string of the molecule is Cc1ncsc1CN(C)C[C@H]1CCN(c2ncc(Cl)cn2)C1. The van der Waals surface area contributed by atoms with Crippen molar-refractivity contribution < 1.29 is 0 Å². The number of hydrogen-bond acceptors (Lipinski definition) is 6. The molecule has 0 amide bonds. The third kappa shape index (κ3) is 3.74. The fourth-order valence-corrected chi connectivity index (χ4v) is 3.81. The number of anilines is 1. The summed E-state index contributed by atoms with van der Waals surface area (Å²) in [5.74, 6) is 1.44. The van der Waals surface area contributed by atoms with Crippen LogP contribution in [0.3, 0.4) is 0 Å². The summed E-state index contributed by atoms with van der Waals surface area (Å²) in [5.41, 5.74) is 3.08. The van der Waals surface area contributed by atoms with Crippen molar-refractivity contribution in [2.45, 2.75) is 19.9 Å². The van der Waals surface area contributed by atoms with E-state index in [0.29, 0.717) is 10.9 Å². The van der Waals surface area contributed by atoms with E-state index in [4.69, 9.17) is 11.6 Å². The Labute approximate surface area is 140 Å². The van der Waals surface area contributed by atoms with E-state index < -0.39 is 0 Å². The van der Waals surface area contributed by atoms with Crippen molar-refractivity contribution in [2.24, 2.45) is 5.92 Å². The number of hydrogen-bond donors (Lipinski definition) is 0. The lowest BCUT2D eigenvalue weighted by Gasteiger charge is -2.21. The lowest BCUT2D eigenvalue weighted by molar-refractivity contribution is 0.281. The first-order chi connectivity index (χ1) is 10.6. The molecular weight excluding hydrogens is 318 g/mol. The maximum absolute atomic E-state index is 5.84. The molecule has 0 spiro atoms. The number of aromatic nitrogens is 3. The van der Waals surface area contributed by atoms with Gasteiger partial charge >= 0.3 is 0 Å². The first kappa shape index (κ1) is 15.6. The summed E-state index contributed by atoms with van der Waals surface area (Å²) in [7, 11) is 2.18. The van der Waals surface area contributed by atoms with E-state index in [1.54, 1.807) is 23.7 Å². The third-order valence-electron chi connectivity index (χ3n) is 4.00. The van der Waals surface area contributed by atoms with Gasteiger partial charge in [0.1, 0.15) is 0 Å². The van der Waals surface area contributed by atoms with Gasteiger partial charge in [-0.3, -0.25) is 0 Å². The van der Waals surface area contributed by atoms with Gasteiger partial charge in [-0.2, -0.15) is 0 Å². The Hall–Kier alpha value is -1.24. The maximum Gasteiger partial charge on any atom is 0.225 e. The van der Waals surface area contributed by atoms with E-state index in [1.807, 2.05) is 5.51 Å². The van der Waals surface area contributed by atoms with Gasteiger partial charge in [-0.1, -0.05) is 11.6 Å². The smallest absolute Gasteiger partial charge is 0.225 e. The molecule has 1 fully saturated rings. The highest BCUT2D eigenvalue weighted by molar-refractivity contribution is 7.09. The fraction of sp³-hybridized carbons (Fsp3) is 0.533. The Balaban J connectivity index is 1.52. The number of halogens is 1. The molecule has 7 heteroatoms. The minimum Gasteiger partial charge on any atom is -0.340 e. The summed E-state index contributed by atoms with van der Waals surface area (Å²) in [6, 6.07) is 0. The van der Waals surface area contributed by atoms with Crippen LogP contribution in [0.1, 0.15) is 17.0 Å². The van der Waals surface area contributed by atoms with E-state index in [1.165, 1.54) is 11.3 Å². The second kappa shape index (κ2) is 6.89. The first-order valence-corrected chi connectivity index (χ1v) is 8.67. The van der Waals surface area contributed by atoms with Gasteiger partial charge < -0.3 is 9.80 Å². The molecule has 0 aliphatic carbocycles. The van der Waals surface area contributed by atoms with Gasteiger partial charge in [0, 0.05) is 31.1 Å². The van der Waals surface area contributed by atoms with Gasteiger partial charge in [-0.05, 0) is 26.3 Å². The largest absolute Gasteiger partial charge is 0.340 e. The quantitative estimate of drug-likeness (QED) is 0.839. The molecule has 0 radical (unpaired) electrons. The topological polar surface area (TPSA) is 45.2 Å². The molecule has 1 saturated heterocycles. The molecule has 0 bridgehead atoms. The standard InChI is InChI=1S/C15H20ClN5S/c1-11-14(22-10-19-11)9-20(2)7-12-3-4-21(8-12)15-17-5-13(16)6-18-15/h5-6,10,12H,3-4,7-9H2,1-2H3/t12-/m1/s1. The van der Waals surface area contributed by atoms with Gasteiger partial charge in [0.2, 0.25) is 5.95 Å². The number of aryl methyl sites for hydroxylation is 1. The Morgan fingerprint density at radius 2 is 2.14 bits per heavy atom. The Morgan fingerprint density at radius 1 is 1.36 bits per heavy atom. The highest BCUT2D eigenvalue weighted by Gasteiger charge is 2.25. The van der Waals surface area contributed by atoms with Crippen molar-refractivity contribution in [1.82, 2.24) is 19.9 Å². The second-order valence-corrected chi connectivity index (χ2v) is 7.24. The summed E-state index contributed by atoms with van der Waals surface area (Å²) in [5, 5.41) is 0.583. The molecular formula is C15H20ClN5S. The predicted octanol–water partition coefficient (Wildman–Crippen LogP) is 2.85.